The predicted octanol–water partition coefficient (Wildman–Crippen LogP) is 6.78. The number of anilines is 1. The first kappa shape index (κ1) is 21.0. The van der Waals surface area contributed by atoms with Gasteiger partial charge in [-0.25, -0.2) is 0 Å². The number of carbonyl (C=O) groups is 1. The molecule has 4 nitrogen and oxygen atoms in total. The highest BCUT2D eigenvalue weighted by Gasteiger charge is 2.42. The zero-order valence-corrected chi connectivity index (χ0v) is 18.4. The minimum Gasteiger partial charge on any atom is -0.492 e. The lowest BCUT2D eigenvalue weighted by molar-refractivity contribution is -0.122. The molecule has 0 saturated heterocycles. The summed E-state index contributed by atoms with van der Waals surface area (Å²) in [5.74, 6) is 0.667. The highest BCUT2D eigenvalue weighted by molar-refractivity contribution is 6.35. The maximum atomic E-state index is 13.7. The minimum atomic E-state index is -0.674. The second kappa shape index (κ2) is 8.83. The van der Waals surface area contributed by atoms with E-state index in [1.807, 2.05) is 43.3 Å². The number of amides is 1. The summed E-state index contributed by atoms with van der Waals surface area (Å²) in [6.07, 6.45) is 6.33. The number of rotatable bonds is 5. The monoisotopic (exact) mass is 442 g/mol. The first-order chi connectivity index (χ1) is 14.5. The number of hydrogen-bond donors (Lipinski definition) is 1. The number of ether oxygens (including phenoxy) is 1. The SMILES string of the molecule is CCOc1ccc(NC(=O)C2(c3ccc(Cl)cc3Cl)CCCCC2)c2cccnc12. The molecule has 1 aliphatic carbocycles. The van der Waals surface area contributed by atoms with Crippen LogP contribution in [0.5, 0.6) is 5.75 Å². The van der Waals surface area contributed by atoms with Crippen molar-refractivity contribution in [2.75, 3.05) is 11.9 Å². The van der Waals surface area contributed by atoms with Gasteiger partial charge in [-0.15, -0.1) is 0 Å². The third-order valence-corrected chi connectivity index (χ3v) is 6.42. The molecular weight excluding hydrogens is 419 g/mol. The molecule has 156 valence electrons. The summed E-state index contributed by atoms with van der Waals surface area (Å²) < 4.78 is 5.71. The first-order valence-electron chi connectivity index (χ1n) is 10.3. The molecule has 0 unspecified atom stereocenters. The smallest absolute Gasteiger partial charge is 0.235 e. The van der Waals surface area contributed by atoms with Crippen LogP contribution in [0.2, 0.25) is 10.0 Å². The Hall–Kier alpha value is -2.30. The lowest BCUT2D eigenvalue weighted by atomic mass is 9.68. The average molecular weight is 443 g/mol. The molecule has 0 radical (unpaired) electrons. The zero-order chi connectivity index (χ0) is 21.1. The molecule has 0 bridgehead atoms. The largest absolute Gasteiger partial charge is 0.492 e. The Morgan fingerprint density at radius 2 is 1.93 bits per heavy atom. The van der Waals surface area contributed by atoms with Crippen LogP contribution in [-0.4, -0.2) is 17.5 Å². The van der Waals surface area contributed by atoms with Crippen molar-refractivity contribution in [3.63, 3.8) is 0 Å². The Morgan fingerprint density at radius 3 is 2.67 bits per heavy atom. The number of nitrogens with one attached hydrogen (secondary N) is 1. The maximum absolute atomic E-state index is 13.7. The second-order valence-corrected chi connectivity index (χ2v) is 8.51. The van der Waals surface area contributed by atoms with E-state index in [4.69, 9.17) is 27.9 Å². The minimum absolute atomic E-state index is 0.0410. The van der Waals surface area contributed by atoms with Gasteiger partial charge in [0.2, 0.25) is 5.91 Å². The van der Waals surface area contributed by atoms with Gasteiger partial charge >= 0.3 is 0 Å². The first-order valence-corrected chi connectivity index (χ1v) is 11.1. The van der Waals surface area contributed by atoms with E-state index in [9.17, 15) is 4.79 Å². The van der Waals surface area contributed by atoms with Crippen LogP contribution >= 0.6 is 23.2 Å². The fourth-order valence-corrected chi connectivity index (χ4v) is 5.01. The van der Waals surface area contributed by atoms with Crippen molar-refractivity contribution in [3.8, 4) is 5.75 Å². The number of aromatic nitrogens is 1. The summed E-state index contributed by atoms with van der Waals surface area (Å²) in [4.78, 5) is 18.2. The number of carbonyl (C=O) groups excluding carboxylic acids is 1. The predicted molar refractivity (Wildman–Crippen MR) is 123 cm³/mol. The van der Waals surface area contributed by atoms with Crippen LogP contribution in [0.1, 0.15) is 44.6 Å². The van der Waals surface area contributed by atoms with Gasteiger partial charge in [0.05, 0.1) is 17.7 Å². The van der Waals surface area contributed by atoms with E-state index in [2.05, 4.69) is 10.3 Å². The average Bonchev–Trinajstić information content (AvgIpc) is 2.76. The Kier molecular flexibility index (Phi) is 6.16. The maximum Gasteiger partial charge on any atom is 0.235 e. The van der Waals surface area contributed by atoms with E-state index in [0.29, 0.717) is 22.4 Å². The van der Waals surface area contributed by atoms with Crippen LogP contribution in [0.3, 0.4) is 0 Å². The molecule has 1 fully saturated rings. The van der Waals surface area contributed by atoms with Crippen molar-refractivity contribution >= 4 is 45.7 Å². The Balaban J connectivity index is 1.75. The molecule has 1 amide bonds. The number of halogens is 2. The van der Waals surface area contributed by atoms with Gasteiger partial charge < -0.3 is 10.1 Å². The molecule has 2 aromatic carbocycles. The van der Waals surface area contributed by atoms with Crippen LogP contribution in [0.4, 0.5) is 5.69 Å². The van der Waals surface area contributed by atoms with Gasteiger partial charge in [0.15, 0.2) is 0 Å². The summed E-state index contributed by atoms with van der Waals surface area (Å²) in [6.45, 7) is 2.49. The lowest BCUT2D eigenvalue weighted by Crippen LogP contribution is -2.42. The number of hydrogen-bond acceptors (Lipinski definition) is 3. The Labute approximate surface area is 186 Å². The van der Waals surface area contributed by atoms with Crippen LogP contribution in [-0.2, 0) is 10.2 Å². The molecule has 1 heterocycles. The van der Waals surface area contributed by atoms with Gasteiger partial charge in [-0.2, -0.15) is 0 Å². The number of pyridine rings is 1. The standard InChI is InChI=1S/C24H24Cl2N2O2/c1-2-30-21-11-10-20(17-7-6-14-27-22(17)21)28-23(29)24(12-4-3-5-13-24)18-9-8-16(25)15-19(18)26/h6-11,14-15H,2-5,12-13H2,1H3,(H,28,29). The highest BCUT2D eigenvalue weighted by atomic mass is 35.5. The van der Waals surface area contributed by atoms with Gasteiger partial charge in [0.25, 0.3) is 0 Å². The number of benzene rings is 2. The van der Waals surface area contributed by atoms with E-state index in [1.54, 1.807) is 12.3 Å². The van der Waals surface area contributed by atoms with Crippen LogP contribution in [0, 0.1) is 0 Å². The fraction of sp³-hybridized carbons (Fsp3) is 0.333. The van der Waals surface area contributed by atoms with Crippen LogP contribution < -0.4 is 10.1 Å². The van der Waals surface area contributed by atoms with E-state index < -0.39 is 5.41 Å². The van der Waals surface area contributed by atoms with Crippen molar-refractivity contribution in [2.24, 2.45) is 0 Å². The van der Waals surface area contributed by atoms with Crippen molar-refractivity contribution in [3.05, 3.63) is 64.3 Å². The molecule has 1 N–H and O–H groups in total. The summed E-state index contributed by atoms with van der Waals surface area (Å²) in [5, 5.41) is 5.14. The summed E-state index contributed by atoms with van der Waals surface area (Å²) >= 11 is 12.7. The highest BCUT2D eigenvalue weighted by Crippen LogP contribution is 2.44. The van der Waals surface area contributed by atoms with Gasteiger partial charge in [-0.3, -0.25) is 9.78 Å². The van der Waals surface area contributed by atoms with Gasteiger partial charge in [-0.05, 0) is 61.7 Å². The molecule has 4 rings (SSSR count). The zero-order valence-electron chi connectivity index (χ0n) is 16.9. The van der Waals surface area contributed by atoms with E-state index in [0.717, 1.165) is 54.3 Å². The molecule has 1 aromatic heterocycles. The number of fused-ring (bicyclic) bond motifs is 1. The lowest BCUT2D eigenvalue weighted by Gasteiger charge is -2.37. The summed E-state index contributed by atoms with van der Waals surface area (Å²) in [5.41, 5.74) is 1.63. The van der Waals surface area contributed by atoms with Gasteiger partial charge in [0.1, 0.15) is 11.3 Å². The third kappa shape index (κ3) is 3.86. The van der Waals surface area contributed by atoms with Gasteiger partial charge in [-0.1, -0.05) is 48.5 Å². The molecule has 0 atom stereocenters. The number of nitrogens with zero attached hydrogens (tertiary/aromatic N) is 1. The fourth-order valence-electron chi connectivity index (χ4n) is 4.42. The Morgan fingerprint density at radius 1 is 1.13 bits per heavy atom. The molecular formula is C24H24Cl2N2O2. The quantitative estimate of drug-likeness (QED) is 0.473. The van der Waals surface area contributed by atoms with Crippen molar-refractivity contribution < 1.29 is 9.53 Å². The normalized spacial score (nSPS) is 15.7. The van der Waals surface area contributed by atoms with Crippen LogP contribution in [0.25, 0.3) is 10.9 Å². The molecule has 6 heteroatoms. The molecule has 0 spiro atoms. The van der Waals surface area contributed by atoms with E-state index in [-0.39, 0.29) is 5.91 Å². The van der Waals surface area contributed by atoms with E-state index >= 15 is 0 Å². The molecule has 0 aliphatic heterocycles. The second-order valence-electron chi connectivity index (χ2n) is 7.66. The summed E-state index contributed by atoms with van der Waals surface area (Å²) in [7, 11) is 0. The van der Waals surface area contributed by atoms with Crippen molar-refractivity contribution in [2.45, 2.75) is 44.4 Å². The van der Waals surface area contributed by atoms with Crippen molar-refractivity contribution in [1.82, 2.24) is 4.98 Å². The van der Waals surface area contributed by atoms with Crippen LogP contribution in [0.15, 0.2) is 48.7 Å². The Bertz CT molecular complexity index is 1080. The van der Waals surface area contributed by atoms with E-state index in [1.165, 1.54) is 0 Å². The third-order valence-electron chi connectivity index (χ3n) is 5.87. The molecule has 1 aliphatic rings. The van der Waals surface area contributed by atoms with Crippen molar-refractivity contribution in [1.29, 1.82) is 0 Å². The molecule has 3 aromatic rings. The molecule has 30 heavy (non-hydrogen) atoms. The summed E-state index contributed by atoms with van der Waals surface area (Å²) in [6, 6.07) is 13.0. The topological polar surface area (TPSA) is 51.2 Å². The molecule has 1 saturated carbocycles. The van der Waals surface area contributed by atoms with Gasteiger partial charge in [0, 0.05) is 21.6 Å².